The zero-order valence-electron chi connectivity index (χ0n) is 9.96. The van der Waals surface area contributed by atoms with Gasteiger partial charge in [-0.3, -0.25) is 0 Å². The Labute approximate surface area is 139 Å². The van der Waals surface area contributed by atoms with Crippen LogP contribution < -0.4 is 4.74 Å². The van der Waals surface area contributed by atoms with Crippen molar-refractivity contribution in [2.75, 3.05) is 7.11 Å². The van der Waals surface area contributed by atoms with Crippen molar-refractivity contribution in [1.82, 2.24) is 0 Å². The maximum Gasteiger partial charge on any atom is 0.133 e. The predicted octanol–water partition coefficient (Wildman–Crippen LogP) is 6.20. The number of halogens is 4. The van der Waals surface area contributed by atoms with Gasteiger partial charge in [0.1, 0.15) is 5.75 Å². The van der Waals surface area contributed by atoms with E-state index in [2.05, 4.69) is 31.9 Å². The maximum absolute atomic E-state index is 6.52. The lowest BCUT2D eigenvalue weighted by Gasteiger charge is -2.14. The Morgan fingerprint density at radius 2 is 1.79 bits per heavy atom. The van der Waals surface area contributed by atoms with E-state index in [1.165, 1.54) is 0 Å². The first-order chi connectivity index (χ1) is 9.02. The molecule has 2 rings (SSSR count). The molecule has 0 aliphatic carbocycles. The van der Waals surface area contributed by atoms with Crippen LogP contribution in [0.25, 0.3) is 0 Å². The third kappa shape index (κ3) is 3.46. The molecule has 5 heteroatoms. The average molecular weight is 425 g/mol. The molecule has 2 aromatic carbocycles. The fourth-order valence-corrected chi connectivity index (χ4v) is 3.65. The van der Waals surface area contributed by atoms with Gasteiger partial charge >= 0.3 is 0 Å². The minimum absolute atomic E-state index is 0.256. The number of alkyl halides is 1. The molecular formula is C14H10Br2Cl2O. The van der Waals surface area contributed by atoms with E-state index in [9.17, 15) is 0 Å². The molecule has 0 saturated heterocycles. The highest BCUT2D eigenvalue weighted by atomic mass is 79.9. The molecule has 0 saturated carbocycles. The van der Waals surface area contributed by atoms with E-state index in [1.54, 1.807) is 7.11 Å². The second-order valence-corrected chi connectivity index (χ2v) is 6.50. The largest absolute Gasteiger partial charge is 0.496 e. The molecule has 1 atom stereocenters. The lowest BCUT2D eigenvalue weighted by molar-refractivity contribution is 0.412. The van der Waals surface area contributed by atoms with E-state index in [0.717, 1.165) is 25.8 Å². The first-order valence-electron chi connectivity index (χ1n) is 5.45. The lowest BCUT2D eigenvalue weighted by Crippen LogP contribution is -1.95. The summed E-state index contributed by atoms with van der Waals surface area (Å²) in [4.78, 5) is 0. The predicted molar refractivity (Wildman–Crippen MR) is 87.5 cm³/mol. The maximum atomic E-state index is 6.52. The van der Waals surface area contributed by atoms with E-state index in [0.29, 0.717) is 5.02 Å². The number of hydrogen-bond donors (Lipinski definition) is 0. The highest BCUT2D eigenvalue weighted by molar-refractivity contribution is 9.10. The summed E-state index contributed by atoms with van der Waals surface area (Å²) < 4.78 is 6.98. The average Bonchev–Trinajstić information content (AvgIpc) is 2.38. The van der Waals surface area contributed by atoms with Crippen LogP contribution in [-0.2, 0) is 0 Å². The summed E-state index contributed by atoms with van der Waals surface area (Å²) in [7, 11) is 1.63. The van der Waals surface area contributed by atoms with Crippen LogP contribution in [0.15, 0.2) is 45.3 Å². The summed E-state index contributed by atoms with van der Waals surface area (Å²) in [6, 6.07) is 11.4. The van der Waals surface area contributed by atoms with Gasteiger partial charge in [-0.25, -0.2) is 0 Å². The van der Waals surface area contributed by atoms with Gasteiger partial charge in [-0.2, -0.15) is 0 Å². The molecular weight excluding hydrogens is 415 g/mol. The van der Waals surface area contributed by atoms with E-state index in [1.807, 2.05) is 36.4 Å². The van der Waals surface area contributed by atoms with Crippen molar-refractivity contribution in [3.05, 3.63) is 61.5 Å². The minimum Gasteiger partial charge on any atom is -0.496 e. The second-order valence-electron chi connectivity index (χ2n) is 3.92. The van der Waals surface area contributed by atoms with Crippen LogP contribution in [0.2, 0.25) is 5.02 Å². The van der Waals surface area contributed by atoms with Crippen molar-refractivity contribution in [2.24, 2.45) is 0 Å². The Morgan fingerprint density at radius 3 is 2.37 bits per heavy atom. The van der Waals surface area contributed by atoms with E-state index in [4.69, 9.17) is 27.9 Å². The molecule has 0 radical (unpaired) electrons. The molecule has 0 fully saturated rings. The Bertz CT molecular complexity index is 602. The van der Waals surface area contributed by atoms with E-state index in [-0.39, 0.29) is 5.38 Å². The first kappa shape index (κ1) is 15.2. The second kappa shape index (κ2) is 6.49. The summed E-state index contributed by atoms with van der Waals surface area (Å²) in [6.45, 7) is 0. The van der Waals surface area contributed by atoms with Crippen molar-refractivity contribution in [3.63, 3.8) is 0 Å². The Morgan fingerprint density at radius 1 is 1.05 bits per heavy atom. The Kier molecular flexibility index (Phi) is 5.18. The SMILES string of the molecule is COc1ccc(C(Cl)c2ccc(Cl)cc2Br)cc1Br. The zero-order chi connectivity index (χ0) is 14.0. The summed E-state index contributed by atoms with van der Waals surface area (Å²) in [5, 5.41) is 0.421. The van der Waals surface area contributed by atoms with E-state index < -0.39 is 0 Å². The molecule has 0 aromatic heterocycles. The smallest absolute Gasteiger partial charge is 0.133 e. The van der Waals surface area contributed by atoms with Crippen molar-refractivity contribution in [3.8, 4) is 5.75 Å². The monoisotopic (exact) mass is 422 g/mol. The lowest BCUT2D eigenvalue weighted by atomic mass is 10.0. The van der Waals surface area contributed by atoms with Gasteiger partial charge in [-0.15, -0.1) is 11.6 Å². The Hall–Kier alpha value is -0.220. The van der Waals surface area contributed by atoms with Gasteiger partial charge in [0, 0.05) is 9.50 Å². The molecule has 0 aliphatic heterocycles. The molecule has 2 aromatic rings. The van der Waals surface area contributed by atoms with Crippen molar-refractivity contribution >= 4 is 55.1 Å². The summed E-state index contributed by atoms with van der Waals surface area (Å²) in [5.41, 5.74) is 1.96. The third-order valence-corrected chi connectivity index (χ3v) is 4.73. The quantitative estimate of drug-likeness (QED) is 0.533. The van der Waals surface area contributed by atoms with Crippen LogP contribution in [0, 0.1) is 0 Å². The van der Waals surface area contributed by atoms with Crippen molar-refractivity contribution < 1.29 is 4.74 Å². The van der Waals surface area contributed by atoms with Gasteiger partial charge in [0.15, 0.2) is 0 Å². The van der Waals surface area contributed by atoms with Gasteiger partial charge in [0.25, 0.3) is 0 Å². The van der Waals surface area contributed by atoms with Crippen molar-refractivity contribution in [1.29, 1.82) is 0 Å². The molecule has 0 bridgehead atoms. The van der Waals surface area contributed by atoms with Crippen LogP contribution in [0.5, 0.6) is 5.75 Å². The van der Waals surface area contributed by atoms with Crippen LogP contribution >= 0.6 is 55.1 Å². The summed E-state index contributed by atoms with van der Waals surface area (Å²) in [5.74, 6) is 0.780. The molecule has 0 heterocycles. The molecule has 0 spiro atoms. The third-order valence-electron chi connectivity index (χ3n) is 2.70. The normalized spacial score (nSPS) is 12.3. The zero-order valence-corrected chi connectivity index (χ0v) is 14.6. The van der Waals surface area contributed by atoms with Gasteiger partial charge in [0.05, 0.1) is 17.0 Å². The molecule has 1 nitrogen and oxygen atoms in total. The molecule has 0 amide bonds. The van der Waals surface area contributed by atoms with Crippen LogP contribution in [-0.4, -0.2) is 7.11 Å². The fourth-order valence-electron chi connectivity index (χ4n) is 1.73. The van der Waals surface area contributed by atoms with Crippen LogP contribution in [0.3, 0.4) is 0 Å². The molecule has 0 aliphatic rings. The molecule has 0 N–H and O–H groups in total. The molecule has 19 heavy (non-hydrogen) atoms. The summed E-state index contributed by atoms with van der Waals surface area (Å²) in [6.07, 6.45) is 0. The van der Waals surface area contributed by atoms with E-state index >= 15 is 0 Å². The van der Waals surface area contributed by atoms with Crippen molar-refractivity contribution in [2.45, 2.75) is 5.38 Å². The first-order valence-corrected chi connectivity index (χ1v) is 7.85. The van der Waals surface area contributed by atoms with Gasteiger partial charge in [0.2, 0.25) is 0 Å². The highest BCUT2D eigenvalue weighted by Gasteiger charge is 2.15. The summed E-state index contributed by atoms with van der Waals surface area (Å²) >= 11 is 19.4. The van der Waals surface area contributed by atoms with Gasteiger partial charge in [-0.05, 0) is 51.3 Å². The minimum atomic E-state index is -0.256. The van der Waals surface area contributed by atoms with Crippen LogP contribution in [0.1, 0.15) is 16.5 Å². The topological polar surface area (TPSA) is 9.23 Å². The van der Waals surface area contributed by atoms with Crippen LogP contribution in [0.4, 0.5) is 0 Å². The Balaban J connectivity index is 2.38. The molecule has 100 valence electrons. The number of ether oxygens (including phenoxy) is 1. The fraction of sp³-hybridized carbons (Fsp3) is 0.143. The van der Waals surface area contributed by atoms with Gasteiger partial charge in [-0.1, -0.05) is 39.7 Å². The van der Waals surface area contributed by atoms with Gasteiger partial charge < -0.3 is 4.74 Å². The number of hydrogen-bond acceptors (Lipinski definition) is 1. The number of benzene rings is 2. The number of rotatable bonds is 3. The standard InChI is InChI=1S/C14H10Br2Cl2O/c1-19-13-5-2-8(6-12(13)16)14(18)10-4-3-9(17)7-11(10)15/h2-7,14H,1H3. The highest BCUT2D eigenvalue weighted by Crippen LogP contribution is 2.37. The number of methoxy groups -OCH3 is 1. The molecule has 1 unspecified atom stereocenters.